The first-order valence-electron chi connectivity index (χ1n) is 12.4. The van der Waals surface area contributed by atoms with Crippen molar-refractivity contribution in [1.29, 1.82) is 0 Å². The van der Waals surface area contributed by atoms with Crippen molar-refractivity contribution < 1.29 is 14.4 Å². The summed E-state index contributed by atoms with van der Waals surface area (Å²) in [5.41, 5.74) is 1.55. The van der Waals surface area contributed by atoms with Crippen LogP contribution in [0.2, 0.25) is 0 Å². The van der Waals surface area contributed by atoms with Gasteiger partial charge < -0.3 is 24.9 Å². The fourth-order valence-electron chi connectivity index (χ4n) is 5.08. The van der Waals surface area contributed by atoms with E-state index in [0.717, 1.165) is 70.5 Å². The molecule has 1 N–H and O–H groups in total. The van der Waals surface area contributed by atoms with E-state index in [2.05, 4.69) is 22.0 Å². The summed E-state index contributed by atoms with van der Waals surface area (Å²) in [4.78, 5) is 46.1. The molecule has 1 aromatic carbocycles. The van der Waals surface area contributed by atoms with Gasteiger partial charge in [-0.05, 0) is 56.5 Å². The number of amides is 3. The Balaban J connectivity index is 1.21. The van der Waals surface area contributed by atoms with E-state index in [1.807, 2.05) is 12.1 Å². The van der Waals surface area contributed by atoms with Gasteiger partial charge in [0, 0.05) is 51.4 Å². The monoisotopic (exact) mass is 455 g/mol. The molecule has 3 fully saturated rings. The van der Waals surface area contributed by atoms with Crippen molar-refractivity contribution in [2.45, 2.75) is 45.2 Å². The Hall–Kier alpha value is -2.45. The number of piperidine rings is 1. The normalized spacial score (nSPS) is 22.4. The average Bonchev–Trinajstić information content (AvgIpc) is 2.85. The van der Waals surface area contributed by atoms with Gasteiger partial charge in [-0.2, -0.15) is 0 Å². The molecule has 3 aliphatic rings. The first kappa shape index (κ1) is 23.7. The van der Waals surface area contributed by atoms with Gasteiger partial charge in [-0.15, -0.1) is 0 Å². The molecule has 8 nitrogen and oxygen atoms in total. The largest absolute Gasteiger partial charge is 0.352 e. The Bertz CT molecular complexity index is 835. The molecule has 0 radical (unpaired) electrons. The molecule has 0 aromatic heterocycles. The number of rotatable bonds is 8. The van der Waals surface area contributed by atoms with Crippen LogP contribution in [0.4, 0.5) is 0 Å². The first-order chi connectivity index (χ1) is 16.0. The molecule has 1 unspecified atom stereocenters. The summed E-state index contributed by atoms with van der Waals surface area (Å²) in [5, 5.41) is 3.01. The van der Waals surface area contributed by atoms with E-state index in [1.54, 1.807) is 21.9 Å². The summed E-state index contributed by atoms with van der Waals surface area (Å²) < 4.78 is 0. The minimum atomic E-state index is -0.291. The van der Waals surface area contributed by atoms with Crippen LogP contribution in [0.1, 0.15) is 48.5 Å². The Morgan fingerprint density at radius 1 is 1.00 bits per heavy atom. The molecule has 0 spiro atoms. The van der Waals surface area contributed by atoms with Crippen molar-refractivity contribution in [3.63, 3.8) is 0 Å². The van der Waals surface area contributed by atoms with Crippen molar-refractivity contribution in [3.05, 3.63) is 35.4 Å². The van der Waals surface area contributed by atoms with Crippen LogP contribution in [0, 0.1) is 0 Å². The van der Waals surface area contributed by atoms with Crippen LogP contribution in [-0.2, 0) is 16.1 Å². The summed E-state index contributed by atoms with van der Waals surface area (Å²) in [5.74, 6) is 0.0224. The van der Waals surface area contributed by atoms with Crippen LogP contribution in [0.5, 0.6) is 0 Å². The minimum absolute atomic E-state index is 0.0440. The molecule has 1 aromatic rings. The Morgan fingerprint density at radius 2 is 1.73 bits per heavy atom. The maximum absolute atomic E-state index is 12.8. The zero-order valence-corrected chi connectivity index (χ0v) is 19.8. The van der Waals surface area contributed by atoms with Gasteiger partial charge >= 0.3 is 0 Å². The van der Waals surface area contributed by atoms with Gasteiger partial charge in [0.05, 0.1) is 0 Å². The second kappa shape index (κ2) is 11.1. The topological polar surface area (TPSA) is 76.2 Å². The maximum atomic E-state index is 12.8. The van der Waals surface area contributed by atoms with Crippen LogP contribution in [-0.4, -0.2) is 102 Å². The maximum Gasteiger partial charge on any atom is 0.251 e. The van der Waals surface area contributed by atoms with Gasteiger partial charge in [-0.25, -0.2) is 0 Å². The molecule has 3 amide bonds. The number of hydrogen-bond acceptors (Lipinski definition) is 5. The second-order valence-electron chi connectivity index (χ2n) is 9.38. The number of carbonyl (C=O) groups is 3. The quantitative estimate of drug-likeness (QED) is 0.596. The summed E-state index contributed by atoms with van der Waals surface area (Å²) in [6.45, 7) is 10.7. The van der Waals surface area contributed by atoms with Gasteiger partial charge in [-0.3, -0.25) is 14.4 Å². The average molecular weight is 456 g/mol. The van der Waals surface area contributed by atoms with Crippen molar-refractivity contribution in [2.75, 3.05) is 58.9 Å². The van der Waals surface area contributed by atoms with Crippen LogP contribution >= 0.6 is 0 Å². The molecule has 3 heterocycles. The molecule has 4 rings (SSSR count). The van der Waals surface area contributed by atoms with E-state index >= 15 is 0 Å². The molecule has 0 saturated carbocycles. The molecule has 3 aliphatic heterocycles. The summed E-state index contributed by atoms with van der Waals surface area (Å²) in [6.07, 6.45) is 3.68. The highest BCUT2D eigenvalue weighted by Crippen LogP contribution is 2.24. The predicted octanol–water partition coefficient (Wildman–Crippen LogP) is 1.17. The fourth-order valence-corrected chi connectivity index (χ4v) is 5.08. The molecule has 180 valence electrons. The van der Waals surface area contributed by atoms with Crippen LogP contribution in [0.3, 0.4) is 0 Å². The number of nitrogens with zero attached hydrogens (tertiary/aromatic N) is 4. The van der Waals surface area contributed by atoms with Gasteiger partial charge in [-0.1, -0.05) is 19.1 Å². The van der Waals surface area contributed by atoms with E-state index in [4.69, 9.17) is 0 Å². The standard InChI is InChI=1S/C25H37N5O3/c1-2-27-14-16-28(17-15-27)12-5-11-26-24(32)21-9-7-20(8-10-21)18-29-19-23(31)30-13-4-3-6-22(30)25(29)33/h7-10,22H,2-6,11-19H2,1H3,(H,26,32). The molecule has 3 saturated heterocycles. The van der Waals surface area contributed by atoms with E-state index in [0.29, 0.717) is 25.2 Å². The molecule has 8 heteroatoms. The molecule has 0 bridgehead atoms. The highest BCUT2D eigenvalue weighted by Gasteiger charge is 2.40. The number of benzene rings is 1. The number of hydrogen-bond donors (Lipinski definition) is 1. The van der Waals surface area contributed by atoms with E-state index in [-0.39, 0.29) is 30.3 Å². The number of fused-ring (bicyclic) bond motifs is 1. The van der Waals surface area contributed by atoms with Gasteiger partial charge in [0.2, 0.25) is 11.8 Å². The molecule has 0 aliphatic carbocycles. The third-order valence-corrected chi connectivity index (χ3v) is 7.18. The summed E-state index contributed by atoms with van der Waals surface area (Å²) in [6, 6.07) is 7.08. The number of likely N-dealkylation sites (N-methyl/N-ethyl adjacent to an activating group) is 1. The zero-order valence-electron chi connectivity index (χ0n) is 19.8. The molecule has 1 atom stereocenters. The van der Waals surface area contributed by atoms with Crippen LogP contribution < -0.4 is 5.32 Å². The lowest BCUT2D eigenvalue weighted by Gasteiger charge is -2.42. The minimum Gasteiger partial charge on any atom is -0.352 e. The Labute approximate surface area is 196 Å². The van der Waals surface area contributed by atoms with Crippen molar-refractivity contribution >= 4 is 17.7 Å². The molecular formula is C25H37N5O3. The fraction of sp³-hybridized carbons (Fsp3) is 0.640. The highest BCUT2D eigenvalue weighted by atomic mass is 16.2. The van der Waals surface area contributed by atoms with Crippen molar-refractivity contribution in [3.8, 4) is 0 Å². The first-order valence-corrected chi connectivity index (χ1v) is 12.4. The van der Waals surface area contributed by atoms with E-state index < -0.39 is 0 Å². The van der Waals surface area contributed by atoms with Crippen molar-refractivity contribution in [2.24, 2.45) is 0 Å². The van der Waals surface area contributed by atoms with E-state index in [9.17, 15) is 14.4 Å². The highest BCUT2D eigenvalue weighted by molar-refractivity contribution is 5.95. The van der Waals surface area contributed by atoms with Gasteiger partial charge in [0.15, 0.2) is 0 Å². The van der Waals surface area contributed by atoms with Gasteiger partial charge in [0.1, 0.15) is 12.6 Å². The smallest absolute Gasteiger partial charge is 0.251 e. The van der Waals surface area contributed by atoms with Crippen LogP contribution in [0.15, 0.2) is 24.3 Å². The lowest BCUT2D eigenvalue weighted by atomic mass is 9.98. The van der Waals surface area contributed by atoms with Gasteiger partial charge in [0.25, 0.3) is 5.91 Å². The lowest BCUT2D eigenvalue weighted by molar-refractivity contribution is -0.158. The Morgan fingerprint density at radius 3 is 2.45 bits per heavy atom. The number of carbonyl (C=O) groups excluding carboxylic acids is 3. The Kier molecular flexibility index (Phi) is 7.98. The lowest BCUT2D eigenvalue weighted by Crippen LogP contribution is -2.60. The number of piperazine rings is 2. The third kappa shape index (κ3) is 5.92. The SMILES string of the molecule is CCN1CCN(CCCNC(=O)c2ccc(CN3CC(=O)N4CCCCC4C3=O)cc2)CC1. The molecular weight excluding hydrogens is 418 g/mol. The number of nitrogens with one attached hydrogen (secondary N) is 1. The second-order valence-corrected chi connectivity index (χ2v) is 9.38. The zero-order chi connectivity index (χ0) is 23.2. The van der Waals surface area contributed by atoms with Crippen molar-refractivity contribution in [1.82, 2.24) is 24.9 Å². The predicted molar refractivity (Wildman–Crippen MR) is 127 cm³/mol. The van der Waals surface area contributed by atoms with Crippen LogP contribution in [0.25, 0.3) is 0 Å². The molecule has 33 heavy (non-hydrogen) atoms. The van der Waals surface area contributed by atoms with E-state index in [1.165, 1.54) is 0 Å². The summed E-state index contributed by atoms with van der Waals surface area (Å²) >= 11 is 0. The third-order valence-electron chi connectivity index (χ3n) is 7.18. The summed E-state index contributed by atoms with van der Waals surface area (Å²) in [7, 11) is 0.